The van der Waals surface area contributed by atoms with Crippen LogP contribution in [0.5, 0.6) is 5.75 Å². The zero-order chi connectivity index (χ0) is 25.6. The van der Waals surface area contributed by atoms with Crippen molar-refractivity contribution in [2.75, 3.05) is 20.3 Å². The molecule has 0 spiro atoms. The Bertz CT molecular complexity index is 1360. The van der Waals surface area contributed by atoms with Gasteiger partial charge in [-0.3, -0.25) is 9.69 Å². The number of ether oxygens (including phenoxy) is 2. The summed E-state index contributed by atoms with van der Waals surface area (Å²) in [5, 5.41) is 13.8. The van der Waals surface area contributed by atoms with Crippen molar-refractivity contribution < 1.29 is 9.47 Å². The Hall–Kier alpha value is -3.56. The van der Waals surface area contributed by atoms with Crippen LogP contribution in [0.4, 0.5) is 0 Å². The van der Waals surface area contributed by atoms with Gasteiger partial charge in [-0.05, 0) is 59.5 Å². The number of tetrazole rings is 1. The highest BCUT2D eigenvalue weighted by Gasteiger charge is 2.30. The number of aromatic nitrogens is 5. The lowest BCUT2D eigenvalue weighted by atomic mass is 10.1. The van der Waals surface area contributed by atoms with Gasteiger partial charge in [0.05, 0.1) is 25.8 Å². The summed E-state index contributed by atoms with van der Waals surface area (Å²) in [7, 11) is 1.64. The molecule has 1 aliphatic heterocycles. The molecule has 0 saturated carbocycles. The monoisotopic (exact) mass is 502 g/mol. The minimum Gasteiger partial charge on any atom is -0.497 e. The number of nitrogens with one attached hydrogen (secondary N) is 1. The number of hydrogen-bond donors (Lipinski definition) is 1. The standard InChI is InChI=1S/C28H34N6O3/c1-3-8-26(27-30-31-32-34(27)17-20-9-5-4-6-10-20)33(19-24-11-7-14-37-24)18-22-15-21-16-23(36-2)12-13-25(21)29-28(22)35/h4-6,9-10,12-13,15-16,24,26H,3,7-8,11,14,17-19H2,1-2H3,(H,29,35)/t24-,26-/m1/s1. The third kappa shape index (κ3) is 5.89. The van der Waals surface area contributed by atoms with E-state index in [0.717, 1.165) is 60.3 Å². The average Bonchev–Trinajstić information content (AvgIpc) is 3.60. The van der Waals surface area contributed by atoms with Crippen LogP contribution in [0.25, 0.3) is 10.9 Å². The molecule has 1 N–H and O–H groups in total. The number of methoxy groups -OCH3 is 1. The van der Waals surface area contributed by atoms with Crippen molar-refractivity contribution in [1.82, 2.24) is 30.1 Å². The van der Waals surface area contributed by atoms with Crippen molar-refractivity contribution in [2.45, 2.75) is 57.8 Å². The number of benzene rings is 2. The molecule has 2 aromatic heterocycles. The lowest BCUT2D eigenvalue weighted by molar-refractivity contribution is 0.0476. The Labute approximate surface area is 216 Å². The summed E-state index contributed by atoms with van der Waals surface area (Å²) in [6, 6.07) is 17.8. The Morgan fingerprint density at radius 1 is 1.22 bits per heavy atom. The normalized spacial score (nSPS) is 16.5. The number of hydrogen-bond acceptors (Lipinski definition) is 7. The van der Waals surface area contributed by atoms with Gasteiger partial charge in [-0.1, -0.05) is 43.7 Å². The molecule has 0 unspecified atom stereocenters. The highest BCUT2D eigenvalue weighted by molar-refractivity contribution is 5.80. The summed E-state index contributed by atoms with van der Waals surface area (Å²) < 4.78 is 13.3. The van der Waals surface area contributed by atoms with Gasteiger partial charge in [-0.25, -0.2) is 4.68 Å². The molecule has 3 heterocycles. The van der Waals surface area contributed by atoms with Gasteiger partial charge in [0.2, 0.25) is 0 Å². The molecule has 37 heavy (non-hydrogen) atoms. The SMILES string of the molecule is CCC[C@H](c1nnnn1Cc1ccccc1)N(Cc1cc2cc(OC)ccc2[nH]c1=O)C[C@H]1CCCO1. The largest absolute Gasteiger partial charge is 0.497 e. The fraction of sp³-hybridized carbons (Fsp3) is 0.429. The maximum Gasteiger partial charge on any atom is 0.252 e. The van der Waals surface area contributed by atoms with E-state index in [4.69, 9.17) is 9.47 Å². The number of rotatable bonds is 11. The number of pyridine rings is 1. The number of H-pyrrole nitrogens is 1. The van der Waals surface area contributed by atoms with Crippen LogP contribution in [0, 0.1) is 0 Å². The van der Waals surface area contributed by atoms with Crippen molar-refractivity contribution in [1.29, 1.82) is 0 Å². The molecule has 194 valence electrons. The summed E-state index contributed by atoms with van der Waals surface area (Å²) in [5.41, 5.74) is 2.53. The zero-order valence-corrected chi connectivity index (χ0v) is 21.5. The van der Waals surface area contributed by atoms with Gasteiger partial charge in [-0.15, -0.1) is 5.10 Å². The predicted octanol–water partition coefficient (Wildman–Crippen LogP) is 4.09. The minimum atomic E-state index is -0.0888. The van der Waals surface area contributed by atoms with Crippen LogP contribution in [-0.2, 0) is 17.8 Å². The number of aromatic amines is 1. The van der Waals surface area contributed by atoms with Gasteiger partial charge >= 0.3 is 0 Å². The van der Waals surface area contributed by atoms with Gasteiger partial charge in [0, 0.05) is 36.2 Å². The summed E-state index contributed by atoms with van der Waals surface area (Å²) in [6.07, 6.45) is 4.00. The van der Waals surface area contributed by atoms with Gasteiger partial charge in [0.25, 0.3) is 5.56 Å². The van der Waals surface area contributed by atoms with Gasteiger partial charge in [0.15, 0.2) is 5.82 Å². The maximum atomic E-state index is 13.1. The molecular weight excluding hydrogens is 468 g/mol. The molecule has 1 fully saturated rings. The molecule has 0 bridgehead atoms. The average molecular weight is 503 g/mol. The first-order chi connectivity index (χ1) is 18.1. The summed E-state index contributed by atoms with van der Waals surface area (Å²) >= 11 is 0. The molecule has 0 amide bonds. The first kappa shape index (κ1) is 25.1. The van der Waals surface area contributed by atoms with Gasteiger partial charge in [0.1, 0.15) is 5.75 Å². The second kappa shape index (κ2) is 11.7. The van der Waals surface area contributed by atoms with Crippen LogP contribution >= 0.6 is 0 Å². The van der Waals surface area contributed by atoms with E-state index in [1.54, 1.807) is 7.11 Å². The fourth-order valence-electron chi connectivity index (χ4n) is 5.11. The van der Waals surface area contributed by atoms with Gasteiger partial charge in [-0.2, -0.15) is 0 Å². The van der Waals surface area contributed by atoms with E-state index in [1.165, 1.54) is 0 Å². The fourth-order valence-corrected chi connectivity index (χ4v) is 5.11. The van der Waals surface area contributed by atoms with E-state index in [2.05, 4.69) is 44.5 Å². The summed E-state index contributed by atoms with van der Waals surface area (Å²) in [5.74, 6) is 1.56. The molecular formula is C28H34N6O3. The lowest BCUT2D eigenvalue weighted by Gasteiger charge is -2.32. The van der Waals surface area contributed by atoms with E-state index >= 15 is 0 Å². The van der Waals surface area contributed by atoms with Crippen LogP contribution < -0.4 is 10.3 Å². The highest BCUT2D eigenvalue weighted by Crippen LogP contribution is 2.29. The zero-order valence-electron chi connectivity index (χ0n) is 21.5. The van der Waals surface area contributed by atoms with Crippen LogP contribution in [-0.4, -0.2) is 56.5 Å². The topological polar surface area (TPSA) is 98.2 Å². The van der Waals surface area contributed by atoms with E-state index in [9.17, 15) is 4.79 Å². The first-order valence-electron chi connectivity index (χ1n) is 13.0. The Morgan fingerprint density at radius 3 is 2.84 bits per heavy atom. The Morgan fingerprint density at radius 2 is 2.08 bits per heavy atom. The second-order valence-electron chi connectivity index (χ2n) is 9.63. The van der Waals surface area contributed by atoms with E-state index in [-0.39, 0.29) is 17.7 Å². The third-order valence-corrected chi connectivity index (χ3v) is 7.00. The van der Waals surface area contributed by atoms with Crippen LogP contribution in [0.1, 0.15) is 55.6 Å². The molecule has 0 aliphatic carbocycles. The molecule has 5 rings (SSSR count). The summed E-state index contributed by atoms with van der Waals surface area (Å²) in [4.78, 5) is 18.5. The Kier molecular flexibility index (Phi) is 7.91. The molecule has 4 aromatic rings. The van der Waals surface area contributed by atoms with Crippen LogP contribution in [0.15, 0.2) is 59.4 Å². The van der Waals surface area contributed by atoms with Crippen molar-refractivity contribution in [3.63, 3.8) is 0 Å². The Balaban J connectivity index is 1.50. The highest BCUT2D eigenvalue weighted by atomic mass is 16.5. The second-order valence-corrected chi connectivity index (χ2v) is 9.63. The van der Waals surface area contributed by atoms with Crippen molar-refractivity contribution >= 4 is 10.9 Å². The van der Waals surface area contributed by atoms with Gasteiger partial charge < -0.3 is 14.5 Å². The molecule has 2 atom stereocenters. The van der Waals surface area contributed by atoms with E-state index in [1.807, 2.05) is 47.1 Å². The predicted molar refractivity (Wildman–Crippen MR) is 142 cm³/mol. The van der Waals surface area contributed by atoms with E-state index in [0.29, 0.717) is 25.2 Å². The quantitative estimate of drug-likeness (QED) is 0.330. The molecule has 0 radical (unpaired) electrons. The van der Waals surface area contributed by atoms with Crippen molar-refractivity contribution in [3.8, 4) is 5.75 Å². The summed E-state index contributed by atoms with van der Waals surface area (Å²) in [6.45, 7) is 4.70. The van der Waals surface area contributed by atoms with Crippen LogP contribution in [0.3, 0.4) is 0 Å². The van der Waals surface area contributed by atoms with Crippen molar-refractivity contribution in [3.05, 3.63) is 81.9 Å². The van der Waals surface area contributed by atoms with E-state index < -0.39 is 0 Å². The minimum absolute atomic E-state index is 0.0617. The lowest BCUT2D eigenvalue weighted by Crippen LogP contribution is -2.38. The smallest absolute Gasteiger partial charge is 0.252 e. The maximum absolute atomic E-state index is 13.1. The number of nitrogens with zero attached hydrogens (tertiary/aromatic N) is 5. The molecule has 1 aliphatic rings. The van der Waals surface area contributed by atoms with Crippen molar-refractivity contribution in [2.24, 2.45) is 0 Å². The molecule has 9 heteroatoms. The number of fused-ring (bicyclic) bond motifs is 1. The molecule has 9 nitrogen and oxygen atoms in total. The third-order valence-electron chi connectivity index (χ3n) is 7.00. The molecule has 1 saturated heterocycles. The molecule has 2 aromatic carbocycles. The first-order valence-corrected chi connectivity index (χ1v) is 13.0. The van der Waals surface area contributed by atoms with Crippen LogP contribution in [0.2, 0.25) is 0 Å².